The zero-order valence-electron chi connectivity index (χ0n) is 78.6. The maximum atomic E-state index is 12.0. The van der Waals surface area contributed by atoms with Crippen LogP contribution in [0, 0.1) is 6.92 Å². The number of anilines is 8. The number of para-hydroxylation sites is 1. The molecule has 0 radical (unpaired) electrons. The number of aromatic amines is 4. The Morgan fingerprint density at radius 1 is 0.348 bits per heavy atom. The molecule has 8 N–H and O–H groups in total. The number of nitrogens with one attached hydrogen (secondary N) is 8. The van der Waals surface area contributed by atoms with E-state index in [1.807, 2.05) is 109 Å². The Morgan fingerprint density at radius 3 is 1.04 bits per heavy atom. The summed E-state index contributed by atoms with van der Waals surface area (Å²) < 4.78 is 102. The number of fused-ring (bicyclic) bond motifs is 8. The van der Waals surface area contributed by atoms with Gasteiger partial charge in [0.2, 0.25) is 40.1 Å². The molecule has 4 fully saturated rings. The van der Waals surface area contributed by atoms with Crippen LogP contribution in [0.3, 0.4) is 0 Å². The molecule has 0 aliphatic carbocycles. The van der Waals surface area contributed by atoms with Crippen LogP contribution in [-0.4, -0.2) is 295 Å². The fourth-order valence-electron chi connectivity index (χ4n) is 18.1. The summed E-state index contributed by atoms with van der Waals surface area (Å²) in [5.41, 5.74) is 9.72. The van der Waals surface area contributed by atoms with Crippen molar-refractivity contribution in [2.75, 3.05) is 146 Å². The molecule has 0 amide bonds. The lowest BCUT2D eigenvalue weighted by Gasteiger charge is -2.37. The molecule has 0 bridgehead atoms. The minimum Gasteiger partial charge on any atom is -0.360 e. The van der Waals surface area contributed by atoms with E-state index in [9.17, 15) is 33.7 Å². The average molecular weight is 1970 g/mol. The Labute approximate surface area is 802 Å². The average Bonchev–Trinajstić information content (AvgIpc) is 1.05. The summed E-state index contributed by atoms with van der Waals surface area (Å²) in [6.45, 7) is 14.1. The van der Waals surface area contributed by atoms with E-state index in [4.69, 9.17) is 46.5 Å². The number of halogens is 1. The van der Waals surface area contributed by atoms with Gasteiger partial charge in [0.25, 0.3) is 0 Å². The zero-order valence-corrected chi connectivity index (χ0v) is 82.6. The van der Waals surface area contributed by atoms with E-state index >= 15 is 0 Å². The van der Waals surface area contributed by atoms with Crippen LogP contribution in [0.15, 0.2) is 142 Å². The standard InChI is InChI=1S/C23H29N9O2S.C23H28N8O2S.C22H26ClN9O2S.C22H27N9O2S/c1-14-6-5-7-17-18(14)23(31(3)16-8-10-32(11-9-16)35(4,33)34)30-20(29-17)15(2)28-22-19-21(25-12-24-19)26-13-27-22;1-15(28-22-20-21(25-13-24-20)26-14-27-22)19-12-16-6-4-5-7-18(16)23(29-19)30(2)17-8-10-31(11-9-17)34(3,32)33;1-13(28-21-18-20(25-11-24-18)26-12-27-21)19-29-16-6-4-5-15(23)17(16)22(30-19)31(2)14-7-9-32(10-8-14)35(3,33)34;1-14(27-21-18-20(24-12-23-18)25-13-26-21)19-28-17-7-5-4-6-16(17)22(29-19)30(2)15-8-10-31(11-9-15)34(3,32)33/h5-7,12-13,15-16H,8-11H2,1-4H3,(H2,24,25,26,27,28);4-7,12-15,17H,8-11H2,1-3H3,(H2,24,25,26,27,28);4-6,11-14H,7-10H2,1-3H3,(H2,24,25,26,27,28);4-7,12-15H,8-11H2,1-3H3,(H2,23,24,25,26,27). The van der Waals surface area contributed by atoms with Crippen molar-refractivity contribution in [3.8, 4) is 0 Å². The number of aryl methyl sites for hydroxylation is 1. The van der Waals surface area contributed by atoms with Gasteiger partial charge in [-0.05, 0) is 133 Å². The second-order valence-electron chi connectivity index (χ2n) is 35.2. The third-order valence-electron chi connectivity index (χ3n) is 25.9. The van der Waals surface area contributed by atoms with Gasteiger partial charge >= 0.3 is 0 Å². The first-order valence-corrected chi connectivity index (χ1v) is 53.1. The van der Waals surface area contributed by atoms with Gasteiger partial charge in [0.15, 0.2) is 63.3 Å². The highest BCUT2D eigenvalue weighted by atomic mass is 35.5. The van der Waals surface area contributed by atoms with Crippen molar-refractivity contribution in [3.63, 3.8) is 0 Å². The number of H-pyrrole nitrogens is 4. The molecule has 43 nitrogen and oxygen atoms in total. The normalized spacial score (nSPS) is 16.6. The van der Waals surface area contributed by atoms with Crippen molar-refractivity contribution in [1.82, 2.24) is 132 Å². The second-order valence-corrected chi connectivity index (χ2v) is 43.5. The topological polar surface area (TPSA) is 519 Å². The number of pyridine rings is 1. The highest BCUT2D eigenvalue weighted by Gasteiger charge is 2.36. The third kappa shape index (κ3) is 21.3. The fraction of sp³-hybridized carbons (Fsp3) is 0.411. The lowest BCUT2D eigenvalue weighted by molar-refractivity contribution is 0.316. The Bertz CT molecular complexity index is 7160. The summed E-state index contributed by atoms with van der Waals surface area (Å²) in [7, 11) is -4.61. The smallest absolute Gasteiger partial charge is 0.211 e. The van der Waals surface area contributed by atoms with E-state index in [0.29, 0.717) is 139 Å². The first kappa shape index (κ1) is 96.5. The van der Waals surface area contributed by atoms with Gasteiger partial charge in [0.05, 0.1) is 107 Å². The molecule has 4 unspecified atom stereocenters. The van der Waals surface area contributed by atoms with E-state index in [1.165, 1.54) is 54.6 Å². The Morgan fingerprint density at radius 2 is 0.652 bits per heavy atom. The van der Waals surface area contributed by atoms with E-state index in [0.717, 1.165) is 133 Å². The minimum atomic E-state index is -3.20. The number of piperidine rings is 4. The number of nitrogens with zero attached hydrogens (tertiary/aromatic N) is 27. The van der Waals surface area contributed by atoms with Gasteiger partial charge in [0, 0.05) is 121 Å². The van der Waals surface area contributed by atoms with Gasteiger partial charge in [-0.1, -0.05) is 66.2 Å². The maximum Gasteiger partial charge on any atom is 0.211 e. The number of hydrogen-bond acceptors (Lipinski definition) is 35. The number of aromatic nitrogens is 23. The van der Waals surface area contributed by atoms with E-state index in [1.54, 1.807) is 38.2 Å². The van der Waals surface area contributed by atoms with Crippen molar-refractivity contribution in [2.45, 2.75) is 134 Å². The van der Waals surface area contributed by atoms with Gasteiger partial charge in [-0.15, -0.1) is 0 Å². The molecule has 48 heteroatoms. The first-order valence-electron chi connectivity index (χ1n) is 45.3. The van der Waals surface area contributed by atoms with Crippen LogP contribution in [0.1, 0.15) is 132 Å². The molecule has 4 aliphatic heterocycles. The van der Waals surface area contributed by atoms with Crippen LogP contribution < -0.4 is 40.9 Å². The number of hydrogen-bond donors (Lipinski definition) is 8. The number of sulfonamides is 4. The highest BCUT2D eigenvalue weighted by Crippen LogP contribution is 2.40. The summed E-state index contributed by atoms with van der Waals surface area (Å²) in [4.78, 5) is 106. The van der Waals surface area contributed by atoms with Crippen molar-refractivity contribution in [3.05, 3.63) is 175 Å². The molecule has 20 rings (SSSR count). The maximum absolute atomic E-state index is 12.0. The summed E-state index contributed by atoms with van der Waals surface area (Å²) in [6, 6.07) is 29.7. The molecule has 4 aliphatic rings. The lowest BCUT2D eigenvalue weighted by Crippen LogP contribution is -2.45. The van der Waals surface area contributed by atoms with Crippen LogP contribution in [0.2, 0.25) is 5.02 Å². The molecule has 4 aromatic carbocycles. The summed E-state index contributed by atoms with van der Waals surface area (Å²) >= 11 is 6.60. The SMILES string of the molecule is CC(Nc1ncnc2nc[nH]c12)c1cc2ccccc2c(N(C)C2CCN(S(C)(=O)=O)CC2)n1.CC(Nc1ncnc2nc[nH]c12)c1nc(N(C)C2CCN(S(C)(=O)=O)CC2)c2c(Cl)cccc2n1.CC(Nc1ncnc2nc[nH]c12)c1nc(N(C)C2CCN(S(C)(=O)=O)CC2)c2ccccc2n1.Cc1cccc2nc(C(C)Nc3ncnc4nc[nH]c34)nc(N(C)C3CCN(S(C)(=O)=O)CC3)c12. The molecular weight excluding hydrogens is 1860 g/mol. The molecule has 0 saturated carbocycles. The summed E-state index contributed by atoms with van der Waals surface area (Å²) in [5.74, 6) is 7.72. The van der Waals surface area contributed by atoms with Crippen LogP contribution in [0.25, 0.3) is 88.1 Å². The first-order chi connectivity index (χ1) is 66.1. The number of rotatable bonds is 24. The van der Waals surface area contributed by atoms with Crippen molar-refractivity contribution in [1.29, 1.82) is 0 Å². The van der Waals surface area contributed by atoms with Gasteiger partial charge in [-0.25, -0.2) is 146 Å². The van der Waals surface area contributed by atoms with Crippen molar-refractivity contribution >= 4 is 186 Å². The quantitative estimate of drug-likeness (QED) is 0.0278. The van der Waals surface area contributed by atoms with Crippen molar-refractivity contribution < 1.29 is 33.7 Å². The van der Waals surface area contributed by atoms with Gasteiger partial charge < -0.3 is 60.8 Å². The Hall–Kier alpha value is -13.2. The second kappa shape index (κ2) is 40.5. The number of imidazole rings is 4. The Balaban J connectivity index is 0.000000127. The number of benzene rings is 4. The highest BCUT2D eigenvalue weighted by molar-refractivity contribution is 7.89. The summed E-state index contributed by atoms with van der Waals surface area (Å²) in [5, 5.41) is 19.1. The van der Waals surface area contributed by atoms with E-state index in [2.05, 4.69) is 166 Å². The van der Waals surface area contributed by atoms with Crippen LogP contribution >= 0.6 is 11.6 Å². The molecule has 138 heavy (non-hydrogen) atoms. The molecule has 12 aromatic heterocycles. The predicted octanol–water partition coefficient (Wildman–Crippen LogP) is 10.9. The van der Waals surface area contributed by atoms with Gasteiger partial charge in [-0.3, -0.25) is 0 Å². The molecule has 4 saturated heterocycles. The van der Waals surface area contributed by atoms with Crippen LogP contribution in [0.4, 0.5) is 46.5 Å². The fourth-order valence-corrected chi connectivity index (χ4v) is 21.9. The molecular formula is C90H110ClN35O8S4. The predicted molar refractivity (Wildman–Crippen MR) is 536 cm³/mol. The molecule has 4 atom stereocenters. The minimum absolute atomic E-state index is 0.116. The van der Waals surface area contributed by atoms with Crippen LogP contribution in [0.5, 0.6) is 0 Å². The van der Waals surface area contributed by atoms with Crippen molar-refractivity contribution in [2.24, 2.45) is 0 Å². The zero-order chi connectivity index (χ0) is 97.2. The molecule has 16 heterocycles. The molecule has 16 aromatic rings. The van der Waals surface area contributed by atoms with Crippen LogP contribution in [-0.2, 0) is 40.1 Å². The largest absolute Gasteiger partial charge is 0.360 e. The molecule has 724 valence electrons. The van der Waals surface area contributed by atoms with Gasteiger partial charge in [-0.2, -0.15) is 0 Å². The lowest BCUT2D eigenvalue weighted by atomic mass is 10.0. The third-order valence-corrected chi connectivity index (χ3v) is 31.5. The van der Waals surface area contributed by atoms with E-state index in [-0.39, 0.29) is 48.3 Å². The summed E-state index contributed by atoms with van der Waals surface area (Å²) in [6.07, 6.45) is 23.2. The monoisotopic (exact) mass is 1970 g/mol. The molecule has 0 spiro atoms. The van der Waals surface area contributed by atoms with Gasteiger partial charge in [0.1, 0.15) is 70.6 Å². The van der Waals surface area contributed by atoms with E-state index < -0.39 is 40.1 Å². The Kier molecular flexibility index (Phi) is 28.3.